The Bertz CT molecular complexity index is 603. The van der Waals surface area contributed by atoms with Crippen LogP contribution in [0.15, 0.2) is 64.0 Å². The summed E-state index contributed by atoms with van der Waals surface area (Å²) in [6.45, 7) is 0. The molecule has 3 nitrogen and oxygen atoms in total. The monoisotopic (exact) mass is 365 g/mol. The molecule has 110 valence electrons. The van der Waals surface area contributed by atoms with E-state index in [9.17, 15) is 9.90 Å². The molecule has 1 atom stereocenters. The van der Waals surface area contributed by atoms with E-state index >= 15 is 0 Å². The zero-order chi connectivity index (χ0) is 15.3. The quantitative estimate of drug-likeness (QED) is 0.765. The minimum absolute atomic E-state index is 0.407. The van der Waals surface area contributed by atoms with Gasteiger partial charge in [0, 0.05) is 15.1 Å². The van der Waals surface area contributed by atoms with E-state index in [0.29, 0.717) is 5.75 Å². The van der Waals surface area contributed by atoms with Crippen molar-refractivity contribution in [2.75, 3.05) is 12.8 Å². The molecule has 2 aromatic rings. The Morgan fingerprint density at radius 1 is 1.19 bits per heavy atom. The SMILES string of the molecule is CNC(CSc1ccc(Br)cc1)(C(=O)O)c1ccccc1. The van der Waals surface area contributed by atoms with Crippen molar-refractivity contribution < 1.29 is 9.90 Å². The van der Waals surface area contributed by atoms with Gasteiger partial charge < -0.3 is 10.4 Å². The van der Waals surface area contributed by atoms with Gasteiger partial charge in [0.2, 0.25) is 0 Å². The van der Waals surface area contributed by atoms with Crippen LogP contribution in [0.4, 0.5) is 0 Å². The predicted octanol–water partition coefficient (Wildman–Crippen LogP) is 3.74. The van der Waals surface area contributed by atoms with Crippen LogP contribution in [0.1, 0.15) is 5.56 Å². The summed E-state index contributed by atoms with van der Waals surface area (Å²) in [4.78, 5) is 12.9. The normalized spacial score (nSPS) is 13.6. The van der Waals surface area contributed by atoms with Gasteiger partial charge in [-0.15, -0.1) is 11.8 Å². The molecular weight excluding hydrogens is 350 g/mol. The number of thioether (sulfide) groups is 1. The number of carboxylic acids is 1. The molecule has 0 bridgehead atoms. The number of carbonyl (C=O) groups is 1. The molecule has 0 saturated carbocycles. The van der Waals surface area contributed by atoms with Gasteiger partial charge in [-0.1, -0.05) is 46.3 Å². The van der Waals surface area contributed by atoms with Gasteiger partial charge in [0.05, 0.1) is 0 Å². The van der Waals surface area contributed by atoms with Crippen LogP contribution >= 0.6 is 27.7 Å². The van der Waals surface area contributed by atoms with Crippen LogP contribution in [-0.4, -0.2) is 23.9 Å². The third kappa shape index (κ3) is 3.67. The van der Waals surface area contributed by atoms with Crippen molar-refractivity contribution in [2.24, 2.45) is 0 Å². The molecule has 0 aliphatic rings. The molecule has 21 heavy (non-hydrogen) atoms. The van der Waals surface area contributed by atoms with Gasteiger partial charge in [0.25, 0.3) is 0 Å². The Morgan fingerprint density at radius 2 is 1.81 bits per heavy atom. The van der Waals surface area contributed by atoms with Crippen molar-refractivity contribution in [3.63, 3.8) is 0 Å². The molecule has 0 saturated heterocycles. The average molecular weight is 366 g/mol. The standard InChI is InChI=1S/C16H16BrNO2S/c1-18-16(15(19)20,12-5-3-2-4-6-12)11-21-14-9-7-13(17)8-10-14/h2-10,18H,11H2,1H3,(H,19,20). The Labute approximate surface area is 136 Å². The van der Waals surface area contributed by atoms with Crippen molar-refractivity contribution in [1.29, 1.82) is 0 Å². The third-order valence-corrected chi connectivity index (χ3v) is 5.04. The molecule has 0 amide bonds. The van der Waals surface area contributed by atoms with E-state index in [0.717, 1.165) is 14.9 Å². The van der Waals surface area contributed by atoms with Gasteiger partial charge in [-0.2, -0.15) is 0 Å². The highest BCUT2D eigenvalue weighted by atomic mass is 79.9. The average Bonchev–Trinajstić information content (AvgIpc) is 2.51. The molecule has 5 heteroatoms. The van der Waals surface area contributed by atoms with Gasteiger partial charge in [-0.05, 0) is 36.9 Å². The Morgan fingerprint density at radius 3 is 2.33 bits per heavy atom. The second kappa shape index (κ2) is 7.11. The lowest BCUT2D eigenvalue weighted by Crippen LogP contribution is -2.49. The molecule has 2 N–H and O–H groups in total. The summed E-state index contributed by atoms with van der Waals surface area (Å²) in [5.74, 6) is -0.467. The van der Waals surface area contributed by atoms with E-state index in [1.807, 2.05) is 54.6 Å². The topological polar surface area (TPSA) is 49.3 Å². The van der Waals surface area contributed by atoms with E-state index in [-0.39, 0.29) is 0 Å². The van der Waals surface area contributed by atoms with Crippen LogP contribution in [0.25, 0.3) is 0 Å². The number of hydrogen-bond donors (Lipinski definition) is 2. The fraction of sp³-hybridized carbons (Fsp3) is 0.188. The van der Waals surface area contributed by atoms with Crippen LogP contribution < -0.4 is 5.32 Å². The largest absolute Gasteiger partial charge is 0.480 e. The van der Waals surface area contributed by atoms with Crippen molar-refractivity contribution in [3.05, 3.63) is 64.6 Å². The maximum Gasteiger partial charge on any atom is 0.329 e. The molecule has 2 aromatic carbocycles. The molecule has 0 aromatic heterocycles. The van der Waals surface area contributed by atoms with Crippen molar-refractivity contribution in [3.8, 4) is 0 Å². The van der Waals surface area contributed by atoms with Gasteiger partial charge in [-0.3, -0.25) is 0 Å². The molecule has 0 radical (unpaired) electrons. The highest BCUT2D eigenvalue weighted by Crippen LogP contribution is 2.30. The maximum atomic E-state index is 11.8. The van der Waals surface area contributed by atoms with Crippen LogP contribution in [0, 0.1) is 0 Å². The first-order valence-corrected chi connectivity index (χ1v) is 8.22. The molecule has 0 aliphatic heterocycles. The van der Waals surface area contributed by atoms with Crippen LogP contribution in [0.3, 0.4) is 0 Å². The zero-order valence-electron chi connectivity index (χ0n) is 11.5. The molecule has 1 unspecified atom stereocenters. The lowest BCUT2D eigenvalue weighted by atomic mass is 9.92. The van der Waals surface area contributed by atoms with Crippen LogP contribution in [0.2, 0.25) is 0 Å². The summed E-state index contributed by atoms with van der Waals surface area (Å²) >= 11 is 4.91. The van der Waals surface area contributed by atoms with Gasteiger partial charge in [0.15, 0.2) is 5.54 Å². The number of likely N-dealkylation sites (N-methyl/N-ethyl adjacent to an activating group) is 1. The minimum atomic E-state index is -1.10. The fourth-order valence-electron chi connectivity index (χ4n) is 2.04. The lowest BCUT2D eigenvalue weighted by Gasteiger charge is -2.29. The number of carboxylic acid groups (broad SMARTS) is 1. The second-order valence-electron chi connectivity index (χ2n) is 4.57. The molecular formula is C16H16BrNO2S. The maximum absolute atomic E-state index is 11.8. The molecule has 0 aliphatic carbocycles. The fourth-order valence-corrected chi connectivity index (χ4v) is 3.45. The summed E-state index contributed by atoms with van der Waals surface area (Å²) in [6.07, 6.45) is 0. The molecule has 0 spiro atoms. The van der Waals surface area contributed by atoms with Crippen molar-refractivity contribution >= 4 is 33.7 Å². The number of rotatable bonds is 6. The first-order valence-electron chi connectivity index (χ1n) is 6.45. The molecule has 0 heterocycles. The molecule has 2 rings (SSSR count). The van der Waals surface area contributed by atoms with E-state index in [1.165, 1.54) is 11.8 Å². The number of nitrogens with one attached hydrogen (secondary N) is 1. The smallest absolute Gasteiger partial charge is 0.329 e. The highest BCUT2D eigenvalue weighted by Gasteiger charge is 2.38. The van der Waals surface area contributed by atoms with Gasteiger partial charge in [0.1, 0.15) is 0 Å². The second-order valence-corrected chi connectivity index (χ2v) is 6.53. The van der Waals surface area contributed by atoms with Gasteiger partial charge in [-0.25, -0.2) is 4.79 Å². The minimum Gasteiger partial charge on any atom is -0.480 e. The Hall–Kier alpha value is -1.30. The highest BCUT2D eigenvalue weighted by molar-refractivity contribution is 9.10. The summed E-state index contributed by atoms with van der Waals surface area (Å²) in [7, 11) is 1.68. The van der Waals surface area contributed by atoms with E-state index in [2.05, 4.69) is 21.2 Å². The van der Waals surface area contributed by atoms with Crippen LogP contribution in [0.5, 0.6) is 0 Å². The number of halogens is 1. The summed E-state index contributed by atoms with van der Waals surface area (Å²) in [5, 5.41) is 12.7. The summed E-state index contributed by atoms with van der Waals surface area (Å²) in [6, 6.07) is 17.1. The first-order chi connectivity index (χ1) is 10.1. The summed E-state index contributed by atoms with van der Waals surface area (Å²) < 4.78 is 1.01. The molecule has 0 fully saturated rings. The third-order valence-electron chi connectivity index (χ3n) is 3.33. The van der Waals surface area contributed by atoms with Crippen LogP contribution in [-0.2, 0) is 10.3 Å². The zero-order valence-corrected chi connectivity index (χ0v) is 13.9. The van der Waals surface area contributed by atoms with E-state index in [4.69, 9.17) is 0 Å². The predicted molar refractivity (Wildman–Crippen MR) is 89.7 cm³/mol. The lowest BCUT2D eigenvalue weighted by molar-refractivity contribution is -0.144. The number of hydrogen-bond acceptors (Lipinski definition) is 3. The van der Waals surface area contributed by atoms with Gasteiger partial charge >= 0.3 is 5.97 Å². The van der Waals surface area contributed by atoms with Crippen molar-refractivity contribution in [1.82, 2.24) is 5.32 Å². The number of aliphatic carboxylic acids is 1. The van der Waals surface area contributed by atoms with E-state index < -0.39 is 11.5 Å². The number of benzene rings is 2. The summed E-state index contributed by atoms with van der Waals surface area (Å²) in [5.41, 5.74) is -0.344. The van der Waals surface area contributed by atoms with E-state index in [1.54, 1.807) is 7.05 Å². The Balaban J connectivity index is 2.25. The van der Waals surface area contributed by atoms with Crippen molar-refractivity contribution in [2.45, 2.75) is 10.4 Å². The Kier molecular flexibility index (Phi) is 5.45. The first kappa shape index (κ1) is 16.1.